The predicted octanol–water partition coefficient (Wildman–Crippen LogP) is 2.49. The highest BCUT2D eigenvalue weighted by Crippen LogP contribution is 2.18. The molecule has 0 saturated heterocycles. The van der Waals surface area contributed by atoms with E-state index < -0.39 is 0 Å². The monoisotopic (exact) mass is 280 g/mol. The number of nitriles is 1. The van der Waals surface area contributed by atoms with Gasteiger partial charge >= 0.3 is 0 Å². The van der Waals surface area contributed by atoms with Crippen LogP contribution in [0.1, 0.15) is 43.0 Å². The van der Waals surface area contributed by atoms with Crippen molar-refractivity contribution in [2.75, 3.05) is 13.6 Å². The van der Waals surface area contributed by atoms with E-state index in [0.29, 0.717) is 12.4 Å². The number of aromatic nitrogens is 2. The lowest BCUT2D eigenvalue weighted by Crippen LogP contribution is -2.31. The topological polar surface area (TPSA) is 69.9 Å². The molecule has 1 aromatic heterocycles. The van der Waals surface area contributed by atoms with E-state index in [1.807, 2.05) is 13.8 Å². The number of hydrogen-bond donors (Lipinski definition) is 0. The SMILES string of the molecule is CC(C#N)CN(C)C(=O)c1nc(C(C)C)ncc1Cl. The Morgan fingerprint density at radius 2 is 2.16 bits per heavy atom. The molecule has 0 aromatic carbocycles. The number of nitrogens with zero attached hydrogens (tertiary/aromatic N) is 4. The van der Waals surface area contributed by atoms with Gasteiger partial charge in [-0.3, -0.25) is 4.79 Å². The van der Waals surface area contributed by atoms with Gasteiger partial charge in [-0.2, -0.15) is 5.26 Å². The molecule has 0 fully saturated rings. The van der Waals surface area contributed by atoms with E-state index in [0.717, 1.165) is 0 Å². The maximum absolute atomic E-state index is 12.2. The Balaban J connectivity index is 2.99. The zero-order chi connectivity index (χ0) is 14.6. The van der Waals surface area contributed by atoms with E-state index in [1.54, 1.807) is 14.0 Å². The smallest absolute Gasteiger partial charge is 0.273 e. The number of hydrogen-bond acceptors (Lipinski definition) is 4. The van der Waals surface area contributed by atoms with Crippen LogP contribution in [0.4, 0.5) is 0 Å². The molecule has 0 aliphatic carbocycles. The second-order valence-corrected chi connectivity index (χ2v) is 5.20. The molecule has 19 heavy (non-hydrogen) atoms. The van der Waals surface area contributed by atoms with Crippen LogP contribution in [0.25, 0.3) is 0 Å². The van der Waals surface area contributed by atoms with E-state index in [-0.39, 0.29) is 28.5 Å². The van der Waals surface area contributed by atoms with E-state index in [1.165, 1.54) is 11.1 Å². The maximum Gasteiger partial charge on any atom is 0.273 e. The number of rotatable bonds is 4. The Morgan fingerprint density at radius 1 is 1.53 bits per heavy atom. The molecular formula is C13H17ClN4O. The van der Waals surface area contributed by atoms with Gasteiger partial charge in [0.1, 0.15) is 5.82 Å². The van der Waals surface area contributed by atoms with Crippen molar-refractivity contribution in [3.8, 4) is 6.07 Å². The molecule has 0 aliphatic rings. The van der Waals surface area contributed by atoms with Crippen molar-refractivity contribution in [2.45, 2.75) is 26.7 Å². The van der Waals surface area contributed by atoms with Crippen LogP contribution in [-0.4, -0.2) is 34.4 Å². The third-order valence-corrected chi connectivity index (χ3v) is 2.87. The first-order chi connectivity index (χ1) is 8.86. The minimum Gasteiger partial charge on any atom is -0.339 e. The van der Waals surface area contributed by atoms with E-state index >= 15 is 0 Å². The fourth-order valence-electron chi connectivity index (χ4n) is 1.52. The normalized spacial score (nSPS) is 12.1. The number of carbonyl (C=O) groups is 1. The predicted molar refractivity (Wildman–Crippen MR) is 72.9 cm³/mol. The van der Waals surface area contributed by atoms with E-state index in [9.17, 15) is 4.79 Å². The number of amides is 1. The lowest BCUT2D eigenvalue weighted by molar-refractivity contribution is 0.0779. The molecule has 1 atom stereocenters. The van der Waals surface area contributed by atoms with Gasteiger partial charge in [-0.25, -0.2) is 9.97 Å². The number of halogens is 1. The Morgan fingerprint density at radius 3 is 2.68 bits per heavy atom. The van der Waals surface area contributed by atoms with Gasteiger partial charge in [-0.1, -0.05) is 25.4 Å². The van der Waals surface area contributed by atoms with Crippen LogP contribution in [0.2, 0.25) is 5.02 Å². The fraction of sp³-hybridized carbons (Fsp3) is 0.538. The zero-order valence-corrected chi connectivity index (χ0v) is 12.3. The molecule has 0 saturated carbocycles. The summed E-state index contributed by atoms with van der Waals surface area (Å²) in [5.41, 5.74) is 0.188. The standard InChI is InChI=1S/C13H17ClN4O/c1-8(2)12-16-6-10(14)11(17-12)13(19)18(4)7-9(3)5-15/h6,8-9H,7H2,1-4H3. The quantitative estimate of drug-likeness (QED) is 0.849. The van der Waals surface area contributed by atoms with Crippen molar-refractivity contribution in [3.05, 3.63) is 22.7 Å². The van der Waals surface area contributed by atoms with Crippen molar-refractivity contribution in [1.82, 2.24) is 14.9 Å². The highest BCUT2D eigenvalue weighted by atomic mass is 35.5. The van der Waals surface area contributed by atoms with Crippen molar-refractivity contribution in [2.24, 2.45) is 5.92 Å². The van der Waals surface area contributed by atoms with Gasteiger partial charge < -0.3 is 4.90 Å². The van der Waals surface area contributed by atoms with Crippen molar-refractivity contribution in [3.63, 3.8) is 0 Å². The van der Waals surface area contributed by atoms with E-state index in [2.05, 4.69) is 16.0 Å². The minimum atomic E-state index is -0.295. The highest BCUT2D eigenvalue weighted by molar-refractivity contribution is 6.33. The summed E-state index contributed by atoms with van der Waals surface area (Å²) in [5.74, 6) is 0.164. The summed E-state index contributed by atoms with van der Waals surface area (Å²) in [6.45, 7) is 5.98. The molecule has 0 N–H and O–H groups in total. The van der Waals surface area contributed by atoms with Gasteiger partial charge in [0.25, 0.3) is 5.91 Å². The largest absolute Gasteiger partial charge is 0.339 e. The average molecular weight is 281 g/mol. The molecule has 1 rings (SSSR count). The molecule has 1 heterocycles. The van der Waals surface area contributed by atoms with Gasteiger partial charge in [0.15, 0.2) is 5.69 Å². The third kappa shape index (κ3) is 3.90. The van der Waals surface area contributed by atoms with Crippen molar-refractivity contribution < 1.29 is 4.79 Å². The molecular weight excluding hydrogens is 264 g/mol. The van der Waals surface area contributed by atoms with Crippen LogP contribution in [0.15, 0.2) is 6.20 Å². The lowest BCUT2D eigenvalue weighted by Gasteiger charge is -2.18. The Labute approximate surface area is 118 Å². The summed E-state index contributed by atoms with van der Waals surface area (Å²) >= 11 is 5.97. The second kappa shape index (κ2) is 6.48. The maximum atomic E-state index is 12.2. The van der Waals surface area contributed by atoms with Crippen LogP contribution < -0.4 is 0 Å². The van der Waals surface area contributed by atoms with E-state index in [4.69, 9.17) is 16.9 Å². The van der Waals surface area contributed by atoms with Gasteiger partial charge in [0.2, 0.25) is 0 Å². The third-order valence-electron chi connectivity index (χ3n) is 2.60. The van der Waals surface area contributed by atoms with Gasteiger partial charge in [-0.15, -0.1) is 0 Å². The molecule has 6 heteroatoms. The van der Waals surface area contributed by atoms with Crippen LogP contribution >= 0.6 is 11.6 Å². The Kier molecular flexibility index (Phi) is 5.25. The second-order valence-electron chi connectivity index (χ2n) is 4.80. The molecule has 0 radical (unpaired) electrons. The number of carbonyl (C=O) groups excluding carboxylic acids is 1. The zero-order valence-electron chi connectivity index (χ0n) is 11.5. The highest BCUT2D eigenvalue weighted by Gasteiger charge is 2.20. The first-order valence-electron chi connectivity index (χ1n) is 6.04. The summed E-state index contributed by atoms with van der Waals surface area (Å²) in [5, 5.41) is 9.00. The first kappa shape index (κ1) is 15.4. The van der Waals surface area contributed by atoms with Gasteiger partial charge in [-0.05, 0) is 6.92 Å². The van der Waals surface area contributed by atoms with Crippen LogP contribution in [-0.2, 0) is 0 Å². The average Bonchev–Trinajstić information content (AvgIpc) is 2.37. The summed E-state index contributed by atoms with van der Waals surface area (Å²) in [7, 11) is 1.63. The van der Waals surface area contributed by atoms with Crippen LogP contribution in [0, 0.1) is 17.2 Å². The first-order valence-corrected chi connectivity index (χ1v) is 6.42. The van der Waals surface area contributed by atoms with Gasteiger partial charge in [0, 0.05) is 19.5 Å². The van der Waals surface area contributed by atoms with Crippen LogP contribution in [0.5, 0.6) is 0 Å². The summed E-state index contributed by atoms with van der Waals surface area (Å²) in [6, 6.07) is 2.09. The molecule has 1 amide bonds. The lowest BCUT2D eigenvalue weighted by atomic mass is 10.2. The van der Waals surface area contributed by atoms with Crippen molar-refractivity contribution in [1.29, 1.82) is 5.26 Å². The van der Waals surface area contributed by atoms with Crippen LogP contribution in [0.3, 0.4) is 0 Å². The molecule has 1 aromatic rings. The fourth-order valence-corrected chi connectivity index (χ4v) is 1.70. The summed E-state index contributed by atoms with van der Waals surface area (Å²) in [6.07, 6.45) is 1.44. The summed E-state index contributed by atoms with van der Waals surface area (Å²) < 4.78 is 0. The molecule has 102 valence electrons. The molecule has 0 bridgehead atoms. The molecule has 0 spiro atoms. The van der Waals surface area contributed by atoms with Crippen molar-refractivity contribution >= 4 is 17.5 Å². The van der Waals surface area contributed by atoms with Gasteiger partial charge in [0.05, 0.1) is 23.2 Å². The molecule has 5 nitrogen and oxygen atoms in total. The summed E-state index contributed by atoms with van der Waals surface area (Å²) in [4.78, 5) is 22.0. The molecule has 0 aliphatic heterocycles. The Bertz CT molecular complexity index is 510. The Hall–Kier alpha value is -1.67. The molecule has 1 unspecified atom stereocenters. The minimum absolute atomic E-state index is 0.118.